The van der Waals surface area contributed by atoms with Crippen molar-refractivity contribution in [2.75, 3.05) is 11.9 Å². The van der Waals surface area contributed by atoms with Gasteiger partial charge in [-0.05, 0) is 30.2 Å². The minimum Gasteiger partial charge on any atom is -0.385 e. The van der Waals surface area contributed by atoms with E-state index < -0.39 is 0 Å². The Kier molecular flexibility index (Phi) is 3.49. The number of hydrogen-bond acceptors (Lipinski definition) is 2. The summed E-state index contributed by atoms with van der Waals surface area (Å²) in [4.78, 5) is 3.93. The number of rotatable bonds is 4. The van der Waals surface area contributed by atoms with Gasteiger partial charge in [0.05, 0.1) is 0 Å². The maximum absolute atomic E-state index is 13.3. The van der Waals surface area contributed by atoms with Crippen molar-refractivity contribution < 1.29 is 4.39 Å². The van der Waals surface area contributed by atoms with Crippen LogP contribution in [-0.2, 0) is 6.42 Å². The molecule has 0 amide bonds. The van der Waals surface area contributed by atoms with Gasteiger partial charge in [0.15, 0.2) is 0 Å². The molecule has 0 aliphatic carbocycles. The highest BCUT2D eigenvalue weighted by Gasteiger charge is 1.99. The van der Waals surface area contributed by atoms with Crippen LogP contribution in [0.5, 0.6) is 0 Å². The van der Waals surface area contributed by atoms with E-state index in [1.54, 1.807) is 18.5 Å². The first-order chi connectivity index (χ1) is 7.86. The van der Waals surface area contributed by atoms with Gasteiger partial charge in [-0.15, -0.1) is 0 Å². The lowest BCUT2D eigenvalue weighted by molar-refractivity contribution is 0.610. The van der Waals surface area contributed by atoms with Crippen molar-refractivity contribution in [2.45, 2.75) is 6.42 Å². The molecule has 0 aliphatic heterocycles. The van der Waals surface area contributed by atoms with Crippen molar-refractivity contribution in [2.24, 2.45) is 0 Å². The van der Waals surface area contributed by atoms with Gasteiger partial charge in [-0.25, -0.2) is 4.39 Å². The number of hydrogen-bond donors (Lipinski definition) is 1. The average molecular weight is 216 g/mol. The fraction of sp³-hybridized carbons (Fsp3) is 0.154. The molecule has 0 saturated heterocycles. The van der Waals surface area contributed by atoms with Gasteiger partial charge in [-0.2, -0.15) is 0 Å². The molecule has 1 aromatic carbocycles. The van der Waals surface area contributed by atoms with Crippen LogP contribution in [0.2, 0.25) is 0 Å². The number of anilines is 1. The number of pyridine rings is 1. The Morgan fingerprint density at radius 3 is 2.56 bits per heavy atom. The van der Waals surface area contributed by atoms with Gasteiger partial charge in [0.2, 0.25) is 0 Å². The SMILES string of the molecule is Fc1ccccc1CCNc1ccncc1. The second-order valence-electron chi connectivity index (χ2n) is 3.50. The first-order valence-corrected chi connectivity index (χ1v) is 5.23. The summed E-state index contributed by atoms with van der Waals surface area (Å²) in [6, 6.07) is 10.6. The van der Waals surface area contributed by atoms with Crippen molar-refractivity contribution in [3.05, 3.63) is 60.2 Å². The van der Waals surface area contributed by atoms with Crippen molar-refractivity contribution in [1.82, 2.24) is 4.98 Å². The van der Waals surface area contributed by atoms with E-state index in [2.05, 4.69) is 10.3 Å². The van der Waals surface area contributed by atoms with E-state index in [0.29, 0.717) is 13.0 Å². The standard InChI is InChI=1S/C13H13FN2/c14-13-4-2-1-3-11(13)5-10-16-12-6-8-15-9-7-12/h1-4,6-9H,5,10H2,(H,15,16). The van der Waals surface area contributed by atoms with Crippen LogP contribution < -0.4 is 5.32 Å². The lowest BCUT2D eigenvalue weighted by atomic mass is 10.1. The summed E-state index contributed by atoms with van der Waals surface area (Å²) in [5, 5.41) is 3.21. The fourth-order valence-electron chi connectivity index (χ4n) is 1.51. The predicted molar refractivity (Wildman–Crippen MR) is 62.8 cm³/mol. The summed E-state index contributed by atoms with van der Waals surface area (Å²) in [6.07, 6.45) is 4.13. The van der Waals surface area contributed by atoms with Crippen LogP contribution in [0.25, 0.3) is 0 Å². The van der Waals surface area contributed by atoms with Crippen LogP contribution in [0.1, 0.15) is 5.56 Å². The van der Waals surface area contributed by atoms with Crippen molar-refractivity contribution in [3.8, 4) is 0 Å². The third-order valence-electron chi connectivity index (χ3n) is 2.36. The zero-order valence-electron chi connectivity index (χ0n) is 8.86. The zero-order valence-corrected chi connectivity index (χ0v) is 8.86. The van der Waals surface area contributed by atoms with E-state index in [1.807, 2.05) is 24.3 Å². The van der Waals surface area contributed by atoms with Gasteiger partial charge in [0, 0.05) is 24.6 Å². The maximum Gasteiger partial charge on any atom is 0.126 e. The van der Waals surface area contributed by atoms with Gasteiger partial charge in [0.25, 0.3) is 0 Å². The summed E-state index contributed by atoms with van der Waals surface area (Å²) in [5.41, 5.74) is 1.75. The highest BCUT2D eigenvalue weighted by atomic mass is 19.1. The molecule has 2 rings (SSSR count). The average Bonchev–Trinajstić information content (AvgIpc) is 2.33. The molecule has 0 bridgehead atoms. The normalized spacial score (nSPS) is 10.1. The Morgan fingerprint density at radius 1 is 1.06 bits per heavy atom. The highest BCUT2D eigenvalue weighted by Crippen LogP contribution is 2.08. The van der Waals surface area contributed by atoms with Gasteiger partial charge in [0.1, 0.15) is 5.82 Å². The molecule has 0 aliphatic rings. The van der Waals surface area contributed by atoms with Crippen LogP contribution in [0.3, 0.4) is 0 Å². The Hall–Kier alpha value is -1.90. The third kappa shape index (κ3) is 2.79. The molecule has 16 heavy (non-hydrogen) atoms. The molecule has 2 aromatic rings. The quantitative estimate of drug-likeness (QED) is 0.850. The molecule has 0 saturated carbocycles. The second kappa shape index (κ2) is 5.26. The van der Waals surface area contributed by atoms with Gasteiger partial charge in [-0.1, -0.05) is 18.2 Å². The molecule has 2 nitrogen and oxygen atoms in total. The third-order valence-corrected chi connectivity index (χ3v) is 2.36. The van der Waals surface area contributed by atoms with Crippen molar-refractivity contribution in [1.29, 1.82) is 0 Å². The van der Waals surface area contributed by atoms with Crippen LogP contribution in [0, 0.1) is 5.82 Å². The minimum absolute atomic E-state index is 0.140. The summed E-state index contributed by atoms with van der Waals surface area (Å²) in [7, 11) is 0. The largest absolute Gasteiger partial charge is 0.385 e. The lowest BCUT2D eigenvalue weighted by Gasteiger charge is -2.06. The van der Waals surface area contributed by atoms with Gasteiger partial charge >= 0.3 is 0 Å². The highest BCUT2D eigenvalue weighted by molar-refractivity contribution is 5.40. The molecular weight excluding hydrogens is 203 g/mol. The molecule has 0 spiro atoms. The van der Waals surface area contributed by atoms with E-state index >= 15 is 0 Å². The van der Waals surface area contributed by atoms with Crippen molar-refractivity contribution >= 4 is 5.69 Å². The Labute approximate surface area is 94.2 Å². The number of aromatic nitrogens is 1. The number of nitrogens with one attached hydrogen (secondary N) is 1. The first-order valence-electron chi connectivity index (χ1n) is 5.23. The zero-order chi connectivity index (χ0) is 11.2. The minimum atomic E-state index is -0.140. The Balaban J connectivity index is 1.87. The van der Waals surface area contributed by atoms with Crippen molar-refractivity contribution in [3.63, 3.8) is 0 Å². The molecule has 0 atom stereocenters. The first kappa shape index (κ1) is 10.6. The van der Waals surface area contributed by atoms with E-state index in [0.717, 1.165) is 11.3 Å². The van der Waals surface area contributed by atoms with Crippen LogP contribution in [0.15, 0.2) is 48.8 Å². The molecule has 0 radical (unpaired) electrons. The van der Waals surface area contributed by atoms with Crippen LogP contribution in [0.4, 0.5) is 10.1 Å². The second-order valence-corrected chi connectivity index (χ2v) is 3.50. The molecule has 82 valence electrons. The van der Waals surface area contributed by atoms with E-state index in [4.69, 9.17) is 0 Å². The fourth-order valence-corrected chi connectivity index (χ4v) is 1.51. The number of benzene rings is 1. The smallest absolute Gasteiger partial charge is 0.126 e. The predicted octanol–water partition coefficient (Wildman–Crippen LogP) is 2.88. The maximum atomic E-state index is 13.3. The monoisotopic (exact) mass is 216 g/mol. The summed E-state index contributed by atoms with van der Waals surface area (Å²) >= 11 is 0. The molecule has 1 aromatic heterocycles. The summed E-state index contributed by atoms with van der Waals surface area (Å²) in [6.45, 7) is 0.713. The number of halogens is 1. The van der Waals surface area contributed by atoms with E-state index in [1.165, 1.54) is 6.07 Å². The molecule has 1 N–H and O–H groups in total. The van der Waals surface area contributed by atoms with Crippen LogP contribution >= 0.6 is 0 Å². The van der Waals surface area contributed by atoms with E-state index in [9.17, 15) is 4.39 Å². The molecule has 3 heteroatoms. The van der Waals surface area contributed by atoms with Gasteiger partial charge < -0.3 is 5.32 Å². The Morgan fingerprint density at radius 2 is 1.81 bits per heavy atom. The Bertz CT molecular complexity index is 443. The topological polar surface area (TPSA) is 24.9 Å². The van der Waals surface area contributed by atoms with E-state index in [-0.39, 0.29) is 5.82 Å². The summed E-state index contributed by atoms with van der Waals surface area (Å²) in [5.74, 6) is -0.140. The van der Waals surface area contributed by atoms with Crippen LogP contribution in [-0.4, -0.2) is 11.5 Å². The number of nitrogens with zero attached hydrogens (tertiary/aromatic N) is 1. The molecular formula is C13H13FN2. The lowest BCUT2D eigenvalue weighted by Crippen LogP contribution is -2.05. The molecule has 1 heterocycles. The molecule has 0 fully saturated rings. The van der Waals surface area contributed by atoms with Gasteiger partial charge in [-0.3, -0.25) is 4.98 Å². The molecule has 0 unspecified atom stereocenters. The summed E-state index contributed by atoms with van der Waals surface area (Å²) < 4.78 is 13.3.